The maximum atomic E-state index is 13.6. The summed E-state index contributed by atoms with van der Waals surface area (Å²) < 4.78 is 3.86. The molecule has 0 aliphatic heterocycles. The quantitative estimate of drug-likeness (QED) is 0.554. The van der Waals surface area contributed by atoms with Crippen LogP contribution in [0.25, 0.3) is 0 Å². The first-order valence-electron chi connectivity index (χ1n) is 11.2. The van der Waals surface area contributed by atoms with Crippen LogP contribution in [0.2, 0.25) is 0 Å². The van der Waals surface area contributed by atoms with Crippen LogP contribution < -0.4 is 5.32 Å². The highest BCUT2D eigenvalue weighted by Crippen LogP contribution is 2.26. The zero-order valence-electron chi connectivity index (χ0n) is 18.0. The molecule has 166 valence electrons. The number of amides is 2. The van der Waals surface area contributed by atoms with Gasteiger partial charge in [0.25, 0.3) is 5.91 Å². The summed E-state index contributed by atoms with van der Waals surface area (Å²) in [7, 11) is 0. The highest BCUT2D eigenvalue weighted by atomic mass is 32.1. The molecule has 6 nitrogen and oxygen atoms in total. The van der Waals surface area contributed by atoms with Crippen molar-refractivity contribution in [2.75, 3.05) is 6.54 Å². The third-order valence-corrected chi connectivity index (χ3v) is 6.46. The SMILES string of the molecule is O=C(NC1CCCCC1)[C@H](c1ccccc1)N(CCc1ccccc1)C(=O)c1csnn1. The molecular formula is C25H28N4O2S. The van der Waals surface area contributed by atoms with E-state index >= 15 is 0 Å². The van der Waals surface area contributed by atoms with Crippen molar-refractivity contribution in [2.45, 2.75) is 50.6 Å². The highest BCUT2D eigenvalue weighted by molar-refractivity contribution is 7.03. The Balaban J connectivity index is 1.64. The van der Waals surface area contributed by atoms with E-state index in [1.54, 1.807) is 10.3 Å². The van der Waals surface area contributed by atoms with Gasteiger partial charge >= 0.3 is 0 Å². The second kappa shape index (κ2) is 11.0. The van der Waals surface area contributed by atoms with Crippen molar-refractivity contribution in [3.05, 3.63) is 82.9 Å². The summed E-state index contributed by atoms with van der Waals surface area (Å²) in [6.45, 7) is 0.401. The molecule has 4 rings (SSSR count). The minimum absolute atomic E-state index is 0.132. The Morgan fingerprint density at radius 2 is 1.69 bits per heavy atom. The molecule has 0 bridgehead atoms. The van der Waals surface area contributed by atoms with Crippen molar-refractivity contribution in [1.82, 2.24) is 19.8 Å². The van der Waals surface area contributed by atoms with Gasteiger partial charge in [-0.2, -0.15) is 0 Å². The first-order valence-corrected chi connectivity index (χ1v) is 12.0. The number of benzene rings is 2. The van der Waals surface area contributed by atoms with Gasteiger partial charge in [-0.15, -0.1) is 5.10 Å². The van der Waals surface area contributed by atoms with E-state index in [1.165, 1.54) is 6.42 Å². The Bertz CT molecular complexity index is 989. The van der Waals surface area contributed by atoms with E-state index in [2.05, 4.69) is 14.9 Å². The Hall–Kier alpha value is -3.06. The van der Waals surface area contributed by atoms with Crippen LogP contribution in [-0.2, 0) is 11.2 Å². The van der Waals surface area contributed by atoms with Crippen LogP contribution in [0.15, 0.2) is 66.0 Å². The summed E-state index contributed by atoms with van der Waals surface area (Å²) in [6, 6.07) is 19.0. The molecule has 3 aromatic rings. The van der Waals surface area contributed by atoms with Gasteiger partial charge in [-0.3, -0.25) is 9.59 Å². The van der Waals surface area contributed by atoms with E-state index in [-0.39, 0.29) is 23.6 Å². The van der Waals surface area contributed by atoms with Gasteiger partial charge in [0.1, 0.15) is 6.04 Å². The summed E-state index contributed by atoms with van der Waals surface area (Å²) in [5, 5.41) is 8.86. The minimum atomic E-state index is -0.726. The monoisotopic (exact) mass is 448 g/mol. The van der Waals surface area contributed by atoms with Crippen molar-refractivity contribution in [1.29, 1.82) is 0 Å². The fourth-order valence-electron chi connectivity index (χ4n) is 4.28. The minimum Gasteiger partial charge on any atom is -0.351 e. The summed E-state index contributed by atoms with van der Waals surface area (Å²) in [5.41, 5.74) is 2.18. The maximum absolute atomic E-state index is 13.6. The number of rotatable bonds is 8. The molecule has 1 atom stereocenters. The fraction of sp³-hybridized carbons (Fsp3) is 0.360. The molecule has 0 unspecified atom stereocenters. The number of nitrogens with one attached hydrogen (secondary N) is 1. The van der Waals surface area contributed by atoms with Crippen LogP contribution in [0.5, 0.6) is 0 Å². The number of carbonyl (C=O) groups is 2. The number of hydrogen-bond donors (Lipinski definition) is 1. The van der Waals surface area contributed by atoms with Crippen LogP contribution in [0.1, 0.15) is 59.8 Å². The Labute approximate surface area is 192 Å². The predicted molar refractivity (Wildman–Crippen MR) is 125 cm³/mol. The van der Waals surface area contributed by atoms with Crippen molar-refractivity contribution in [3.8, 4) is 0 Å². The van der Waals surface area contributed by atoms with Gasteiger partial charge in [-0.25, -0.2) is 0 Å². The fourth-order valence-corrected chi connectivity index (χ4v) is 4.71. The lowest BCUT2D eigenvalue weighted by Crippen LogP contribution is -2.47. The molecule has 32 heavy (non-hydrogen) atoms. The molecule has 7 heteroatoms. The molecule has 1 saturated carbocycles. The lowest BCUT2D eigenvalue weighted by Gasteiger charge is -2.33. The summed E-state index contributed by atoms with van der Waals surface area (Å²) in [6.07, 6.45) is 6.09. The van der Waals surface area contributed by atoms with Crippen LogP contribution in [-0.4, -0.2) is 38.9 Å². The molecular weight excluding hydrogens is 420 g/mol. The van der Waals surface area contributed by atoms with Gasteiger partial charge in [0.2, 0.25) is 5.91 Å². The summed E-state index contributed by atoms with van der Waals surface area (Å²) in [4.78, 5) is 28.7. The molecule has 1 aromatic heterocycles. The van der Waals surface area contributed by atoms with Gasteiger partial charge in [0.15, 0.2) is 5.69 Å². The van der Waals surface area contributed by atoms with Gasteiger partial charge in [0.05, 0.1) is 0 Å². The van der Waals surface area contributed by atoms with Crippen LogP contribution >= 0.6 is 11.5 Å². The Morgan fingerprint density at radius 1 is 1.00 bits per heavy atom. The first-order chi connectivity index (χ1) is 15.7. The zero-order valence-corrected chi connectivity index (χ0v) is 18.8. The lowest BCUT2D eigenvalue weighted by molar-refractivity contribution is -0.126. The Morgan fingerprint density at radius 3 is 2.34 bits per heavy atom. The average molecular weight is 449 g/mol. The van der Waals surface area contributed by atoms with E-state index in [4.69, 9.17) is 0 Å². The molecule has 1 aliphatic rings. The lowest BCUT2D eigenvalue weighted by atomic mass is 9.94. The summed E-state index contributed by atoms with van der Waals surface area (Å²) in [5.74, 6) is -0.407. The Kier molecular flexibility index (Phi) is 7.61. The second-order valence-electron chi connectivity index (χ2n) is 8.18. The smallest absolute Gasteiger partial charge is 0.276 e. The van der Waals surface area contributed by atoms with Gasteiger partial charge in [-0.05, 0) is 41.9 Å². The molecule has 1 N–H and O–H groups in total. The third-order valence-electron chi connectivity index (χ3n) is 5.95. The predicted octanol–water partition coefficient (Wildman–Crippen LogP) is 4.41. The zero-order chi connectivity index (χ0) is 22.2. The number of nitrogens with zero attached hydrogens (tertiary/aromatic N) is 3. The van der Waals surface area contributed by atoms with Gasteiger partial charge in [-0.1, -0.05) is 84.4 Å². The van der Waals surface area contributed by atoms with Crippen molar-refractivity contribution >= 4 is 23.3 Å². The molecule has 0 radical (unpaired) electrons. The average Bonchev–Trinajstić information content (AvgIpc) is 3.38. The molecule has 1 fully saturated rings. The highest BCUT2D eigenvalue weighted by Gasteiger charge is 2.34. The van der Waals surface area contributed by atoms with Crippen LogP contribution in [0.4, 0.5) is 0 Å². The first kappa shape index (κ1) is 22.1. The van der Waals surface area contributed by atoms with E-state index in [9.17, 15) is 9.59 Å². The molecule has 1 heterocycles. The summed E-state index contributed by atoms with van der Waals surface area (Å²) >= 11 is 1.14. The largest absolute Gasteiger partial charge is 0.351 e. The van der Waals surface area contributed by atoms with Crippen molar-refractivity contribution < 1.29 is 9.59 Å². The number of carbonyl (C=O) groups excluding carboxylic acids is 2. The molecule has 2 amide bonds. The topological polar surface area (TPSA) is 75.2 Å². The van der Waals surface area contributed by atoms with E-state index < -0.39 is 6.04 Å². The normalized spacial score (nSPS) is 15.1. The molecule has 0 spiro atoms. The van der Waals surface area contributed by atoms with Gasteiger partial charge in [0, 0.05) is 18.0 Å². The molecule has 0 saturated heterocycles. The standard InChI is InChI=1S/C25H28N4O2S/c30-24(26-21-14-8-3-9-15-21)23(20-12-6-2-7-13-20)29(25(31)22-18-32-28-27-22)17-16-19-10-4-1-5-11-19/h1-2,4-7,10-13,18,21,23H,3,8-9,14-17H2,(H,26,30)/t23-/m0/s1. The van der Waals surface area contributed by atoms with Gasteiger partial charge < -0.3 is 10.2 Å². The van der Waals surface area contributed by atoms with E-state index in [1.807, 2.05) is 60.7 Å². The van der Waals surface area contributed by atoms with Crippen molar-refractivity contribution in [2.24, 2.45) is 0 Å². The van der Waals surface area contributed by atoms with Crippen LogP contribution in [0.3, 0.4) is 0 Å². The second-order valence-corrected chi connectivity index (χ2v) is 8.79. The molecule has 2 aromatic carbocycles. The number of aromatic nitrogens is 2. The van der Waals surface area contributed by atoms with Crippen molar-refractivity contribution in [3.63, 3.8) is 0 Å². The van der Waals surface area contributed by atoms with Crippen LogP contribution in [0, 0.1) is 0 Å². The van der Waals surface area contributed by atoms with E-state index in [0.717, 1.165) is 48.3 Å². The van der Waals surface area contributed by atoms with E-state index in [0.29, 0.717) is 13.0 Å². The maximum Gasteiger partial charge on any atom is 0.276 e. The molecule has 1 aliphatic carbocycles. The third kappa shape index (κ3) is 5.59. The number of hydrogen-bond acceptors (Lipinski definition) is 5.